The summed E-state index contributed by atoms with van der Waals surface area (Å²) in [6.07, 6.45) is 0. The molecule has 4 nitrogen and oxygen atoms in total. The maximum atomic E-state index is 14.9. The second kappa shape index (κ2) is 9.06. The quantitative estimate of drug-likeness (QED) is 0.480. The Bertz CT molecular complexity index is 881. The Morgan fingerprint density at radius 1 is 0.893 bits per heavy atom. The van der Waals surface area contributed by atoms with Gasteiger partial charge in [0.1, 0.15) is 11.5 Å². The minimum atomic E-state index is -0.368. The Morgan fingerprint density at radius 3 is 1.79 bits per heavy atom. The van der Waals surface area contributed by atoms with Gasteiger partial charge < -0.3 is 14.4 Å². The first-order valence-electron chi connectivity index (χ1n) is 8.83. The molecule has 1 heterocycles. The largest absolute Gasteiger partial charge is 0.497 e. The number of benzene rings is 2. The predicted octanol–water partition coefficient (Wildman–Crippen LogP) is 5.52. The van der Waals surface area contributed by atoms with Gasteiger partial charge in [0.25, 0.3) is 0 Å². The fourth-order valence-electron chi connectivity index (χ4n) is 2.92. The van der Waals surface area contributed by atoms with Gasteiger partial charge in [-0.3, -0.25) is 0 Å². The minimum Gasteiger partial charge on any atom is -0.497 e. The number of rotatable bonds is 7. The van der Waals surface area contributed by atoms with Gasteiger partial charge in [-0.05, 0) is 64.3 Å². The van der Waals surface area contributed by atoms with Gasteiger partial charge in [-0.25, -0.2) is 9.37 Å². The van der Waals surface area contributed by atoms with E-state index >= 15 is 0 Å². The summed E-state index contributed by atoms with van der Waals surface area (Å²) in [6, 6.07) is 17.2. The number of nitrogens with zero attached hydrogens (tertiary/aromatic N) is 2. The molecule has 0 aliphatic carbocycles. The van der Waals surface area contributed by atoms with E-state index in [0.717, 1.165) is 28.3 Å². The lowest BCUT2D eigenvalue weighted by Crippen LogP contribution is -2.24. The normalized spacial score (nSPS) is 10.6. The molecule has 0 atom stereocenters. The second-order valence-corrected chi connectivity index (χ2v) is 7.29. The maximum absolute atomic E-state index is 14.9. The van der Waals surface area contributed by atoms with Crippen LogP contribution < -0.4 is 14.4 Å². The number of pyridine rings is 1. The molecule has 6 heteroatoms. The lowest BCUT2D eigenvalue weighted by Gasteiger charge is -2.25. The SMILES string of the molecule is COc1ccc(CN(Cc2ccc(OC)cc2)c2nc(C)cc(Br)c2F)cc1. The van der Waals surface area contributed by atoms with Crippen molar-refractivity contribution in [3.05, 3.63) is 81.7 Å². The highest BCUT2D eigenvalue weighted by atomic mass is 79.9. The Hall–Kier alpha value is -2.60. The standard InChI is InChI=1S/C22H22BrFN2O2/c1-15-12-20(23)21(24)22(25-15)26(13-16-4-8-18(27-2)9-5-16)14-17-6-10-19(28-3)11-7-17/h4-12H,13-14H2,1-3H3. The molecule has 1 aromatic heterocycles. The van der Waals surface area contributed by atoms with Crippen molar-refractivity contribution >= 4 is 21.7 Å². The number of anilines is 1. The van der Waals surface area contributed by atoms with E-state index < -0.39 is 0 Å². The number of ether oxygens (including phenoxy) is 2. The van der Waals surface area contributed by atoms with Gasteiger partial charge in [0, 0.05) is 18.8 Å². The average Bonchev–Trinajstić information content (AvgIpc) is 2.71. The van der Waals surface area contributed by atoms with Gasteiger partial charge in [-0.15, -0.1) is 0 Å². The topological polar surface area (TPSA) is 34.6 Å². The molecule has 0 fully saturated rings. The average molecular weight is 445 g/mol. The first-order valence-corrected chi connectivity index (χ1v) is 9.63. The monoisotopic (exact) mass is 444 g/mol. The van der Waals surface area contributed by atoms with Gasteiger partial charge in [0.05, 0.1) is 18.7 Å². The highest BCUT2D eigenvalue weighted by molar-refractivity contribution is 9.10. The molecule has 28 heavy (non-hydrogen) atoms. The molecule has 0 radical (unpaired) electrons. The van der Waals surface area contributed by atoms with Crippen molar-refractivity contribution in [3.8, 4) is 11.5 Å². The summed E-state index contributed by atoms with van der Waals surface area (Å²) in [4.78, 5) is 6.39. The summed E-state index contributed by atoms with van der Waals surface area (Å²) in [6.45, 7) is 2.87. The van der Waals surface area contributed by atoms with Crippen molar-refractivity contribution in [2.24, 2.45) is 0 Å². The van der Waals surface area contributed by atoms with Crippen molar-refractivity contribution in [1.29, 1.82) is 0 Å². The fraction of sp³-hybridized carbons (Fsp3) is 0.227. The second-order valence-electron chi connectivity index (χ2n) is 6.44. The predicted molar refractivity (Wildman–Crippen MR) is 113 cm³/mol. The van der Waals surface area contributed by atoms with Crippen LogP contribution in [0.5, 0.6) is 11.5 Å². The smallest absolute Gasteiger partial charge is 0.179 e. The van der Waals surface area contributed by atoms with E-state index in [1.807, 2.05) is 60.4 Å². The van der Waals surface area contributed by atoms with Crippen LogP contribution in [0.3, 0.4) is 0 Å². The lowest BCUT2D eigenvalue weighted by molar-refractivity contribution is 0.414. The molecule has 146 valence electrons. The molecule has 0 saturated heterocycles. The summed E-state index contributed by atoms with van der Waals surface area (Å²) in [7, 11) is 3.27. The van der Waals surface area contributed by atoms with Crippen molar-refractivity contribution in [1.82, 2.24) is 4.98 Å². The Labute approximate surface area is 173 Å². The van der Waals surface area contributed by atoms with Crippen LogP contribution in [0, 0.1) is 12.7 Å². The van der Waals surface area contributed by atoms with Gasteiger partial charge in [-0.2, -0.15) is 0 Å². The highest BCUT2D eigenvalue weighted by Gasteiger charge is 2.18. The molecule has 0 unspecified atom stereocenters. The van der Waals surface area contributed by atoms with E-state index in [2.05, 4.69) is 20.9 Å². The molecule has 3 rings (SSSR count). The summed E-state index contributed by atoms with van der Waals surface area (Å²) in [5, 5.41) is 0. The molecular weight excluding hydrogens is 423 g/mol. The van der Waals surface area contributed by atoms with E-state index in [9.17, 15) is 4.39 Å². The van der Waals surface area contributed by atoms with Crippen LogP contribution in [0.15, 0.2) is 59.1 Å². The van der Waals surface area contributed by atoms with E-state index in [4.69, 9.17) is 9.47 Å². The summed E-state index contributed by atoms with van der Waals surface area (Å²) < 4.78 is 25.7. The number of aromatic nitrogens is 1. The highest BCUT2D eigenvalue weighted by Crippen LogP contribution is 2.28. The third-order valence-electron chi connectivity index (χ3n) is 4.39. The first kappa shape index (κ1) is 20.1. The summed E-state index contributed by atoms with van der Waals surface area (Å²) in [5.74, 6) is 1.52. The molecule has 0 spiro atoms. The zero-order chi connectivity index (χ0) is 20.1. The first-order chi connectivity index (χ1) is 13.5. The number of hydrogen-bond acceptors (Lipinski definition) is 4. The van der Waals surface area contributed by atoms with E-state index in [1.54, 1.807) is 20.3 Å². The van der Waals surface area contributed by atoms with Gasteiger partial charge in [0.15, 0.2) is 11.6 Å². The summed E-state index contributed by atoms with van der Waals surface area (Å²) in [5.41, 5.74) is 2.82. The molecule has 0 amide bonds. The van der Waals surface area contributed by atoms with E-state index in [1.165, 1.54) is 0 Å². The van der Waals surface area contributed by atoms with Crippen LogP contribution in [-0.4, -0.2) is 19.2 Å². The van der Waals surface area contributed by atoms with E-state index in [0.29, 0.717) is 23.4 Å². The van der Waals surface area contributed by atoms with Crippen LogP contribution in [0.1, 0.15) is 16.8 Å². The minimum absolute atomic E-state index is 0.318. The van der Waals surface area contributed by atoms with Crippen molar-refractivity contribution < 1.29 is 13.9 Å². The third-order valence-corrected chi connectivity index (χ3v) is 4.97. The van der Waals surface area contributed by atoms with Crippen LogP contribution in [-0.2, 0) is 13.1 Å². The van der Waals surface area contributed by atoms with Crippen LogP contribution >= 0.6 is 15.9 Å². The Balaban J connectivity index is 1.94. The number of hydrogen-bond donors (Lipinski definition) is 0. The van der Waals surface area contributed by atoms with Crippen LogP contribution in [0.2, 0.25) is 0 Å². The van der Waals surface area contributed by atoms with Crippen molar-refractivity contribution in [3.63, 3.8) is 0 Å². The molecule has 0 aliphatic rings. The zero-order valence-electron chi connectivity index (χ0n) is 16.1. The molecule has 0 aliphatic heterocycles. The van der Waals surface area contributed by atoms with Crippen molar-refractivity contribution in [2.45, 2.75) is 20.0 Å². The van der Waals surface area contributed by atoms with Gasteiger partial charge in [0.2, 0.25) is 0 Å². The van der Waals surface area contributed by atoms with Crippen molar-refractivity contribution in [2.75, 3.05) is 19.1 Å². The molecule has 0 bridgehead atoms. The van der Waals surface area contributed by atoms with E-state index in [-0.39, 0.29) is 5.82 Å². The summed E-state index contributed by atoms with van der Waals surface area (Å²) >= 11 is 3.30. The number of halogens is 2. The molecule has 3 aromatic rings. The van der Waals surface area contributed by atoms with Crippen LogP contribution in [0.4, 0.5) is 10.2 Å². The third kappa shape index (κ3) is 4.81. The van der Waals surface area contributed by atoms with Crippen LogP contribution in [0.25, 0.3) is 0 Å². The van der Waals surface area contributed by atoms with Gasteiger partial charge in [-0.1, -0.05) is 24.3 Å². The van der Waals surface area contributed by atoms with Gasteiger partial charge >= 0.3 is 0 Å². The zero-order valence-corrected chi connectivity index (χ0v) is 17.7. The molecule has 0 N–H and O–H groups in total. The maximum Gasteiger partial charge on any atom is 0.179 e. The molecular formula is C22H22BrFN2O2. The Morgan fingerprint density at radius 2 is 1.36 bits per heavy atom. The number of aryl methyl sites for hydroxylation is 1. The fourth-order valence-corrected chi connectivity index (χ4v) is 3.43. The molecule has 2 aromatic carbocycles. The Kier molecular flexibility index (Phi) is 6.52. The molecule has 0 saturated carbocycles. The number of methoxy groups -OCH3 is 2. The lowest BCUT2D eigenvalue weighted by atomic mass is 10.1.